The summed E-state index contributed by atoms with van der Waals surface area (Å²) < 4.78 is 33.8. The topological polar surface area (TPSA) is 157 Å². The van der Waals surface area contributed by atoms with Crippen molar-refractivity contribution in [1.82, 2.24) is 25.3 Å². The van der Waals surface area contributed by atoms with Crippen LogP contribution in [-0.4, -0.2) is 176 Å². The van der Waals surface area contributed by atoms with E-state index in [-0.39, 0.29) is 79.3 Å². The average molecular weight is 878 g/mol. The monoisotopic (exact) mass is 878 g/mol. The van der Waals surface area contributed by atoms with Crippen molar-refractivity contribution in [3.05, 3.63) is 35.9 Å². The number of likely N-dealkylation sites (N-methyl/N-ethyl adjacent to an activating group) is 2. The molecule has 0 aromatic heterocycles. The number of rotatable bonds is 31. The average Bonchev–Trinajstić information content (AvgIpc) is 3.70. The van der Waals surface area contributed by atoms with Crippen LogP contribution in [0.4, 0.5) is 0 Å². The first-order valence-electron chi connectivity index (χ1n) is 22.7. The van der Waals surface area contributed by atoms with Gasteiger partial charge in [-0.1, -0.05) is 85.2 Å². The van der Waals surface area contributed by atoms with Crippen molar-refractivity contribution in [2.75, 3.05) is 95.2 Å². The molecule has 0 radical (unpaired) electrons. The standard InChI is InChI=1S/C47H83N5O10/c1-14-34(6)42(51(10)46(55)40(32(2)3)49-45(54)41(33(4)5)50(8)9)39(58-12)22-24-52-23-18-21-38(52)43(59-13)35(7)44(53)48-37(31-36-19-16-15-17-20-36)47(56)62-30-29-61-28-27-60-26-25-57-11/h15-17,19-20,32-35,37-43H,14,18,21-31H2,1-13H3,(H,48,53)(H,49,54). The summed E-state index contributed by atoms with van der Waals surface area (Å²) in [5, 5.41) is 6.09. The summed E-state index contributed by atoms with van der Waals surface area (Å²) in [7, 11) is 10.5. The molecule has 1 fully saturated rings. The van der Waals surface area contributed by atoms with Gasteiger partial charge >= 0.3 is 5.97 Å². The number of likely N-dealkylation sites (tertiary alicyclic amines) is 1. The highest BCUT2D eigenvalue weighted by Crippen LogP contribution is 2.29. The minimum Gasteiger partial charge on any atom is -0.462 e. The van der Waals surface area contributed by atoms with E-state index in [1.807, 2.05) is 91.0 Å². The number of methoxy groups -OCH3 is 3. The van der Waals surface area contributed by atoms with E-state index in [2.05, 4.69) is 29.4 Å². The lowest BCUT2D eigenvalue weighted by molar-refractivity contribution is -0.150. The first-order chi connectivity index (χ1) is 29.5. The lowest BCUT2D eigenvalue weighted by Gasteiger charge is -2.41. The highest BCUT2D eigenvalue weighted by atomic mass is 16.6. The molecule has 0 aliphatic carbocycles. The van der Waals surface area contributed by atoms with E-state index in [1.54, 1.807) is 26.2 Å². The maximum atomic E-state index is 14.3. The Morgan fingerprint density at radius 1 is 0.806 bits per heavy atom. The van der Waals surface area contributed by atoms with Gasteiger partial charge in [-0.05, 0) is 63.2 Å². The SMILES string of the molecule is CCC(C)C(C(CCN1CCCC1C(OC)C(C)C(=O)NC(Cc1ccccc1)C(=O)OCCOCCOCCOC)OC)N(C)C(=O)C(NC(=O)C(C(C)C)N(C)C)C(C)C. The molecule has 1 aliphatic heterocycles. The summed E-state index contributed by atoms with van der Waals surface area (Å²) in [4.78, 5) is 61.3. The van der Waals surface area contributed by atoms with Crippen molar-refractivity contribution >= 4 is 23.7 Å². The fourth-order valence-electron chi connectivity index (χ4n) is 8.67. The Morgan fingerprint density at radius 3 is 1.98 bits per heavy atom. The molecule has 1 aromatic rings. The largest absolute Gasteiger partial charge is 0.462 e. The van der Waals surface area contributed by atoms with Crippen molar-refractivity contribution in [3.63, 3.8) is 0 Å². The number of carbonyl (C=O) groups is 4. The number of amides is 3. The molecule has 356 valence electrons. The molecule has 0 bridgehead atoms. The van der Waals surface area contributed by atoms with Crippen LogP contribution in [0.15, 0.2) is 30.3 Å². The second kappa shape index (κ2) is 29.3. The minimum absolute atomic E-state index is 0.0417. The third kappa shape index (κ3) is 17.4. The van der Waals surface area contributed by atoms with Crippen molar-refractivity contribution in [2.24, 2.45) is 23.7 Å². The van der Waals surface area contributed by atoms with Crippen LogP contribution in [0.2, 0.25) is 0 Å². The van der Waals surface area contributed by atoms with Crippen LogP contribution in [0.5, 0.6) is 0 Å². The Balaban J connectivity index is 2.17. The lowest BCUT2D eigenvalue weighted by atomic mass is 9.89. The summed E-state index contributed by atoms with van der Waals surface area (Å²) in [5.41, 5.74) is 0.890. The molecular formula is C47H83N5O10. The highest BCUT2D eigenvalue weighted by Gasteiger charge is 2.41. The van der Waals surface area contributed by atoms with Gasteiger partial charge in [0.15, 0.2) is 0 Å². The van der Waals surface area contributed by atoms with Gasteiger partial charge in [-0.25, -0.2) is 4.79 Å². The summed E-state index contributed by atoms with van der Waals surface area (Å²) in [6, 6.07) is 7.26. The van der Waals surface area contributed by atoms with Crippen LogP contribution < -0.4 is 10.6 Å². The van der Waals surface area contributed by atoms with Gasteiger partial charge in [-0.3, -0.25) is 24.2 Å². The normalized spacial score (nSPS) is 18.5. The minimum atomic E-state index is -0.908. The molecule has 15 heteroatoms. The third-order valence-corrected chi connectivity index (χ3v) is 12.2. The number of carbonyl (C=O) groups excluding carboxylic acids is 4. The van der Waals surface area contributed by atoms with Gasteiger partial charge in [0.05, 0.1) is 63.2 Å². The summed E-state index contributed by atoms with van der Waals surface area (Å²) in [6.45, 7) is 17.5. The van der Waals surface area contributed by atoms with Crippen LogP contribution in [-0.2, 0) is 54.0 Å². The van der Waals surface area contributed by atoms with Crippen LogP contribution in [0, 0.1) is 23.7 Å². The second-order valence-electron chi connectivity index (χ2n) is 17.6. The van der Waals surface area contributed by atoms with Crippen LogP contribution in [0.1, 0.15) is 79.7 Å². The maximum Gasteiger partial charge on any atom is 0.329 e. The molecule has 15 nitrogen and oxygen atoms in total. The quantitative estimate of drug-likeness (QED) is 0.0817. The van der Waals surface area contributed by atoms with E-state index in [1.165, 1.54) is 0 Å². The first kappa shape index (κ1) is 55.0. The zero-order valence-corrected chi connectivity index (χ0v) is 40.4. The van der Waals surface area contributed by atoms with Gasteiger partial charge in [0.1, 0.15) is 18.7 Å². The Hall–Kier alpha value is -3.18. The third-order valence-electron chi connectivity index (χ3n) is 12.2. The fourth-order valence-corrected chi connectivity index (χ4v) is 8.67. The molecule has 2 N–H and O–H groups in total. The van der Waals surface area contributed by atoms with Crippen LogP contribution >= 0.6 is 0 Å². The number of ether oxygens (including phenoxy) is 6. The van der Waals surface area contributed by atoms with Gasteiger partial charge in [0.25, 0.3) is 0 Å². The Morgan fingerprint density at radius 2 is 1.44 bits per heavy atom. The Kier molecular flexibility index (Phi) is 26.0. The van der Waals surface area contributed by atoms with Gasteiger partial charge in [-0.2, -0.15) is 0 Å². The summed E-state index contributed by atoms with van der Waals surface area (Å²) >= 11 is 0. The van der Waals surface area contributed by atoms with Gasteiger partial charge in [0, 0.05) is 47.4 Å². The summed E-state index contributed by atoms with van der Waals surface area (Å²) in [5.74, 6) is -1.66. The number of hydrogen-bond donors (Lipinski definition) is 2. The predicted octanol–water partition coefficient (Wildman–Crippen LogP) is 4.06. The Bertz CT molecular complexity index is 1430. The second-order valence-corrected chi connectivity index (χ2v) is 17.6. The molecule has 3 amide bonds. The zero-order valence-electron chi connectivity index (χ0n) is 40.4. The number of benzene rings is 1. The summed E-state index contributed by atoms with van der Waals surface area (Å²) in [6.07, 6.45) is 2.78. The molecule has 0 spiro atoms. The molecule has 62 heavy (non-hydrogen) atoms. The van der Waals surface area contributed by atoms with Gasteiger partial charge in [0.2, 0.25) is 17.7 Å². The maximum absolute atomic E-state index is 14.3. The molecule has 0 saturated carbocycles. The van der Waals surface area contributed by atoms with Crippen LogP contribution in [0.25, 0.3) is 0 Å². The first-order valence-corrected chi connectivity index (χ1v) is 22.7. The highest BCUT2D eigenvalue weighted by molar-refractivity contribution is 5.90. The molecule has 1 saturated heterocycles. The number of nitrogens with zero attached hydrogens (tertiary/aromatic N) is 3. The van der Waals surface area contributed by atoms with E-state index in [4.69, 9.17) is 28.4 Å². The molecule has 1 heterocycles. The molecule has 1 aliphatic rings. The molecule has 9 atom stereocenters. The van der Waals surface area contributed by atoms with E-state index in [0.29, 0.717) is 39.4 Å². The number of nitrogens with one attached hydrogen (secondary N) is 2. The fraction of sp³-hybridized carbons (Fsp3) is 0.787. The molecule has 2 rings (SSSR count). The molecule has 1 aromatic carbocycles. The van der Waals surface area contributed by atoms with E-state index < -0.39 is 30.1 Å². The molecular weight excluding hydrogens is 795 g/mol. The van der Waals surface area contributed by atoms with Crippen molar-refractivity contribution in [2.45, 2.75) is 123 Å². The lowest BCUT2D eigenvalue weighted by Crippen LogP contribution is -2.59. The smallest absolute Gasteiger partial charge is 0.329 e. The van der Waals surface area contributed by atoms with Crippen molar-refractivity contribution in [3.8, 4) is 0 Å². The van der Waals surface area contributed by atoms with Crippen LogP contribution in [0.3, 0.4) is 0 Å². The Labute approximate surface area is 373 Å². The predicted molar refractivity (Wildman–Crippen MR) is 242 cm³/mol. The van der Waals surface area contributed by atoms with Gasteiger partial charge < -0.3 is 44.0 Å². The van der Waals surface area contributed by atoms with E-state index in [0.717, 1.165) is 31.4 Å². The van der Waals surface area contributed by atoms with E-state index in [9.17, 15) is 19.2 Å². The van der Waals surface area contributed by atoms with Gasteiger partial charge in [-0.15, -0.1) is 0 Å². The zero-order chi connectivity index (χ0) is 46.4. The van der Waals surface area contributed by atoms with Crippen molar-refractivity contribution < 1.29 is 47.6 Å². The molecule has 9 unspecified atom stereocenters. The van der Waals surface area contributed by atoms with E-state index >= 15 is 0 Å². The number of esters is 1. The number of hydrogen-bond acceptors (Lipinski definition) is 12. The van der Waals surface area contributed by atoms with Crippen molar-refractivity contribution in [1.29, 1.82) is 0 Å².